The molecule has 6 nitrogen and oxygen atoms in total. The molecule has 2 atom stereocenters. The lowest BCUT2D eigenvalue weighted by Crippen LogP contribution is -2.12. The summed E-state index contributed by atoms with van der Waals surface area (Å²) in [5.74, 6) is 5.27. The van der Waals surface area contributed by atoms with Crippen LogP contribution in [-0.4, -0.2) is 26.3 Å². The molecule has 2 aromatic carbocycles. The van der Waals surface area contributed by atoms with Gasteiger partial charge in [-0.05, 0) is 54.4 Å². The van der Waals surface area contributed by atoms with E-state index in [1.165, 1.54) is 0 Å². The van der Waals surface area contributed by atoms with Gasteiger partial charge in [-0.1, -0.05) is 30.2 Å². The van der Waals surface area contributed by atoms with Crippen molar-refractivity contribution in [2.24, 2.45) is 0 Å². The fourth-order valence-electron chi connectivity index (χ4n) is 3.64. The lowest BCUT2D eigenvalue weighted by molar-refractivity contribution is -0.137. The summed E-state index contributed by atoms with van der Waals surface area (Å²) in [5.41, 5.74) is 3.78. The third-order valence-electron chi connectivity index (χ3n) is 5.21. The monoisotopic (exact) mass is 425 g/mol. The van der Waals surface area contributed by atoms with Crippen LogP contribution in [0.15, 0.2) is 73.1 Å². The van der Waals surface area contributed by atoms with Crippen LogP contribution in [0.25, 0.3) is 10.9 Å². The second-order valence-electron chi connectivity index (χ2n) is 7.46. The first-order valence-corrected chi connectivity index (χ1v) is 10.4. The average molecular weight is 425 g/mol. The number of rotatable bonds is 8. The molecule has 4 rings (SSSR count). The average Bonchev–Trinajstić information content (AvgIpc) is 3.27. The highest BCUT2D eigenvalue weighted by Crippen LogP contribution is 2.29. The first kappa shape index (κ1) is 21.1. The van der Waals surface area contributed by atoms with Crippen molar-refractivity contribution in [3.05, 3.63) is 89.9 Å². The van der Waals surface area contributed by atoms with E-state index in [0.717, 1.165) is 27.7 Å². The smallest absolute Gasteiger partial charge is 0.304 e. The molecule has 0 spiro atoms. The Morgan fingerprint density at radius 2 is 1.94 bits per heavy atom. The van der Waals surface area contributed by atoms with Gasteiger partial charge >= 0.3 is 5.97 Å². The van der Waals surface area contributed by atoms with Crippen LogP contribution in [0.3, 0.4) is 0 Å². The van der Waals surface area contributed by atoms with Gasteiger partial charge in [-0.15, -0.1) is 5.92 Å². The predicted octanol–water partition coefficient (Wildman–Crippen LogP) is 4.90. The maximum absolute atomic E-state index is 11.2. The number of nitrogens with zero attached hydrogens (tertiary/aromatic N) is 2. The Balaban J connectivity index is 1.60. The molecule has 0 bridgehead atoms. The van der Waals surface area contributed by atoms with Crippen LogP contribution >= 0.6 is 0 Å². The van der Waals surface area contributed by atoms with E-state index in [9.17, 15) is 4.79 Å². The molecular weight excluding hydrogens is 402 g/mol. The number of hydrogen-bond acceptors (Lipinski definition) is 4. The van der Waals surface area contributed by atoms with Crippen molar-refractivity contribution in [1.29, 1.82) is 0 Å². The van der Waals surface area contributed by atoms with Gasteiger partial charge in [-0.3, -0.25) is 14.9 Å². The number of aromatic nitrogens is 3. The highest BCUT2D eigenvalue weighted by Gasteiger charge is 2.18. The molecule has 0 fully saturated rings. The second kappa shape index (κ2) is 9.80. The first-order chi connectivity index (χ1) is 15.6. The van der Waals surface area contributed by atoms with Crippen molar-refractivity contribution in [3.63, 3.8) is 0 Å². The zero-order valence-corrected chi connectivity index (χ0v) is 17.7. The standard InChI is InChI=1S/C26H23N3O3/c1-2-5-19(15-26(30)31)18-7-10-23(11-8-18)32-25(16-22-6-3-4-13-27-22)20-9-12-24-21(14-20)17-28-29-24/h3-4,6-14,17,19,25H,15-16H2,1H3,(H,28,29)(H,30,31)/t19?,25-/m0/s1. The van der Waals surface area contributed by atoms with Gasteiger partial charge in [0.15, 0.2) is 0 Å². The van der Waals surface area contributed by atoms with E-state index in [1.807, 2.05) is 54.6 Å². The number of pyridine rings is 1. The third kappa shape index (κ3) is 5.13. The summed E-state index contributed by atoms with van der Waals surface area (Å²) >= 11 is 0. The van der Waals surface area contributed by atoms with E-state index in [-0.39, 0.29) is 18.4 Å². The van der Waals surface area contributed by atoms with Gasteiger partial charge in [0.05, 0.1) is 24.1 Å². The molecule has 2 N–H and O–H groups in total. The molecule has 160 valence electrons. The summed E-state index contributed by atoms with van der Waals surface area (Å²) in [6.07, 6.45) is 3.89. The molecule has 0 aliphatic carbocycles. The minimum absolute atomic E-state index is 0.0337. The topological polar surface area (TPSA) is 88.1 Å². The summed E-state index contributed by atoms with van der Waals surface area (Å²) in [4.78, 5) is 15.6. The number of nitrogens with one attached hydrogen (secondary N) is 1. The summed E-state index contributed by atoms with van der Waals surface area (Å²) in [7, 11) is 0. The van der Waals surface area contributed by atoms with E-state index in [0.29, 0.717) is 12.2 Å². The normalized spacial score (nSPS) is 12.5. The lowest BCUT2D eigenvalue weighted by atomic mass is 9.96. The molecular formula is C26H23N3O3. The quantitative estimate of drug-likeness (QED) is 0.392. The van der Waals surface area contributed by atoms with E-state index < -0.39 is 5.97 Å². The number of benzene rings is 2. The number of carbonyl (C=O) groups is 1. The molecule has 1 unspecified atom stereocenters. The Morgan fingerprint density at radius 1 is 1.12 bits per heavy atom. The van der Waals surface area contributed by atoms with Crippen LogP contribution in [-0.2, 0) is 11.2 Å². The van der Waals surface area contributed by atoms with Crippen molar-refractivity contribution in [2.45, 2.75) is 31.8 Å². The number of carboxylic acid groups (broad SMARTS) is 1. The van der Waals surface area contributed by atoms with Gasteiger partial charge in [0, 0.05) is 23.7 Å². The molecule has 32 heavy (non-hydrogen) atoms. The maximum atomic E-state index is 11.2. The van der Waals surface area contributed by atoms with Gasteiger partial charge in [-0.25, -0.2) is 0 Å². The molecule has 0 aliphatic heterocycles. The number of aromatic amines is 1. The Labute approximate surface area is 186 Å². The number of carboxylic acids is 1. The Morgan fingerprint density at radius 3 is 2.66 bits per heavy atom. The molecule has 2 heterocycles. The summed E-state index contributed by atoms with van der Waals surface area (Å²) in [6.45, 7) is 1.71. The molecule has 0 aliphatic rings. The van der Waals surface area contributed by atoms with E-state index in [4.69, 9.17) is 9.84 Å². The van der Waals surface area contributed by atoms with Crippen LogP contribution in [0.2, 0.25) is 0 Å². The second-order valence-corrected chi connectivity index (χ2v) is 7.46. The van der Waals surface area contributed by atoms with Crippen LogP contribution in [0, 0.1) is 11.8 Å². The van der Waals surface area contributed by atoms with E-state index in [2.05, 4.69) is 33.1 Å². The SMILES string of the molecule is CC#CC(CC(=O)O)c1ccc(O[C@@H](Cc2ccccn2)c2ccc3[nH]ncc3c2)cc1. The first-order valence-electron chi connectivity index (χ1n) is 10.4. The largest absolute Gasteiger partial charge is 0.485 e. The highest BCUT2D eigenvalue weighted by molar-refractivity contribution is 5.78. The lowest BCUT2D eigenvalue weighted by Gasteiger charge is -2.20. The minimum atomic E-state index is -0.872. The summed E-state index contributed by atoms with van der Waals surface area (Å²) in [6, 6.07) is 19.4. The number of ether oxygens (including phenoxy) is 1. The Kier molecular flexibility index (Phi) is 6.47. The van der Waals surface area contributed by atoms with Crippen molar-refractivity contribution < 1.29 is 14.6 Å². The van der Waals surface area contributed by atoms with E-state index in [1.54, 1.807) is 19.3 Å². The van der Waals surface area contributed by atoms with Crippen molar-refractivity contribution in [3.8, 4) is 17.6 Å². The maximum Gasteiger partial charge on any atom is 0.304 e. The molecule has 2 aromatic heterocycles. The van der Waals surface area contributed by atoms with E-state index >= 15 is 0 Å². The fraction of sp³-hybridized carbons (Fsp3) is 0.192. The molecule has 0 saturated carbocycles. The predicted molar refractivity (Wildman–Crippen MR) is 122 cm³/mol. The van der Waals surface area contributed by atoms with Crippen LogP contribution < -0.4 is 4.74 Å². The molecule has 0 saturated heterocycles. The molecule has 6 heteroatoms. The number of fused-ring (bicyclic) bond motifs is 1. The van der Waals surface area contributed by atoms with Crippen molar-refractivity contribution in [1.82, 2.24) is 15.2 Å². The molecule has 0 radical (unpaired) electrons. The highest BCUT2D eigenvalue weighted by atomic mass is 16.5. The molecule has 4 aromatic rings. The minimum Gasteiger partial charge on any atom is -0.485 e. The molecule has 0 amide bonds. The van der Waals surface area contributed by atoms with Crippen LogP contribution in [0.1, 0.15) is 42.2 Å². The zero-order valence-electron chi connectivity index (χ0n) is 17.7. The Bertz CT molecular complexity index is 1250. The van der Waals surface area contributed by atoms with Gasteiger partial charge < -0.3 is 9.84 Å². The zero-order chi connectivity index (χ0) is 22.3. The Hall–Kier alpha value is -4.11. The third-order valence-corrected chi connectivity index (χ3v) is 5.21. The van der Waals surface area contributed by atoms with Gasteiger partial charge in [-0.2, -0.15) is 5.10 Å². The van der Waals surface area contributed by atoms with Crippen LogP contribution in [0.5, 0.6) is 5.75 Å². The number of hydrogen-bond donors (Lipinski definition) is 2. The van der Waals surface area contributed by atoms with Crippen LogP contribution in [0.4, 0.5) is 0 Å². The number of H-pyrrole nitrogens is 1. The summed E-state index contributed by atoms with van der Waals surface area (Å²) in [5, 5.41) is 17.3. The van der Waals surface area contributed by atoms with Gasteiger partial charge in [0.25, 0.3) is 0 Å². The van der Waals surface area contributed by atoms with Gasteiger partial charge in [0.2, 0.25) is 0 Å². The fourth-order valence-corrected chi connectivity index (χ4v) is 3.64. The van der Waals surface area contributed by atoms with Gasteiger partial charge in [0.1, 0.15) is 11.9 Å². The van der Waals surface area contributed by atoms with Crippen molar-refractivity contribution in [2.75, 3.05) is 0 Å². The summed E-state index contributed by atoms with van der Waals surface area (Å²) < 4.78 is 6.38. The number of aliphatic carboxylic acids is 1. The van der Waals surface area contributed by atoms with Crippen molar-refractivity contribution >= 4 is 16.9 Å².